The van der Waals surface area contributed by atoms with Crippen LogP contribution in [0, 0.1) is 12.7 Å². The lowest BCUT2D eigenvalue weighted by molar-refractivity contribution is -0.155. The largest absolute Gasteiger partial charge is 0.479 e. The fourth-order valence-electron chi connectivity index (χ4n) is 1.24. The maximum atomic E-state index is 13.7. The number of carbonyl (C=O) groups excluding carboxylic acids is 1. The summed E-state index contributed by atoms with van der Waals surface area (Å²) < 4.78 is 13.7. The lowest BCUT2D eigenvalue weighted by Gasteiger charge is -2.18. The molecule has 0 fully saturated rings. The maximum Gasteiger partial charge on any atom is 0.337 e. The van der Waals surface area contributed by atoms with E-state index in [1.165, 1.54) is 12.1 Å². The summed E-state index contributed by atoms with van der Waals surface area (Å²) in [6.07, 6.45) is 0. The number of amides is 1. The molecule has 1 amide bonds. The zero-order valence-electron chi connectivity index (χ0n) is 10.3. The lowest BCUT2D eigenvalue weighted by Crippen LogP contribution is -2.46. The number of aliphatic carboxylic acids is 1. The highest BCUT2D eigenvalue weighted by molar-refractivity contribution is 6.31. The average Bonchev–Trinajstić information content (AvgIpc) is 2.33. The minimum Gasteiger partial charge on any atom is -0.479 e. The van der Waals surface area contributed by atoms with Crippen molar-refractivity contribution in [2.75, 3.05) is 6.54 Å². The van der Waals surface area contributed by atoms with Gasteiger partial charge in [0.25, 0.3) is 5.91 Å². The number of carbonyl (C=O) groups is 2. The molecule has 104 valence electrons. The van der Waals surface area contributed by atoms with Gasteiger partial charge in [0.2, 0.25) is 0 Å². The van der Waals surface area contributed by atoms with Crippen LogP contribution in [-0.2, 0) is 4.79 Å². The molecule has 1 unspecified atom stereocenters. The predicted octanol–water partition coefficient (Wildman–Crippen LogP) is 1.35. The summed E-state index contributed by atoms with van der Waals surface area (Å²) in [6, 6.07) is 2.71. The van der Waals surface area contributed by atoms with Crippen molar-refractivity contribution in [3.8, 4) is 0 Å². The van der Waals surface area contributed by atoms with Gasteiger partial charge >= 0.3 is 5.97 Å². The maximum absolute atomic E-state index is 13.7. The number of aryl methyl sites for hydroxylation is 1. The van der Waals surface area contributed by atoms with Gasteiger partial charge in [0.05, 0.1) is 17.1 Å². The van der Waals surface area contributed by atoms with E-state index >= 15 is 0 Å². The van der Waals surface area contributed by atoms with Crippen LogP contribution in [-0.4, -0.2) is 34.2 Å². The van der Waals surface area contributed by atoms with E-state index in [4.69, 9.17) is 16.7 Å². The first-order valence-corrected chi connectivity index (χ1v) is 5.73. The highest BCUT2D eigenvalue weighted by Crippen LogP contribution is 2.22. The van der Waals surface area contributed by atoms with Crippen LogP contribution in [0.4, 0.5) is 4.39 Å². The second kappa shape index (κ2) is 5.54. The first kappa shape index (κ1) is 15.4. The molecule has 19 heavy (non-hydrogen) atoms. The Bertz CT molecular complexity index is 531. The number of nitrogens with one attached hydrogen (secondary N) is 1. The molecule has 0 aromatic heterocycles. The van der Waals surface area contributed by atoms with Crippen LogP contribution in [0.5, 0.6) is 0 Å². The number of halogens is 2. The van der Waals surface area contributed by atoms with Crippen molar-refractivity contribution in [1.82, 2.24) is 5.32 Å². The van der Waals surface area contributed by atoms with Gasteiger partial charge in [-0.3, -0.25) is 4.79 Å². The second-order valence-corrected chi connectivity index (χ2v) is 4.70. The van der Waals surface area contributed by atoms with Gasteiger partial charge in [-0.05, 0) is 25.5 Å². The van der Waals surface area contributed by atoms with Crippen molar-refractivity contribution in [2.45, 2.75) is 19.4 Å². The Labute approximate surface area is 114 Å². The second-order valence-electron chi connectivity index (χ2n) is 4.32. The van der Waals surface area contributed by atoms with Gasteiger partial charge in [0.1, 0.15) is 0 Å². The molecular formula is C12H13ClFNO4. The summed E-state index contributed by atoms with van der Waals surface area (Å²) in [7, 11) is 0. The summed E-state index contributed by atoms with van der Waals surface area (Å²) in [5.74, 6) is -3.22. The van der Waals surface area contributed by atoms with E-state index in [9.17, 15) is 19.1 Å². The number of hydrogen-bond acceptors (Lipinski definition) is 3. The molecule has 7 heteroatoms. The van der Waals surface area contributed by atoms with Crippen LogP contribution in [0.3, 0.4) is 0 Å². The van der Waals surface area contributed by atoms with Crippen molar-refractivity contribution in [3.05, 3.63) is 34.1 Å². The topological polar surface area (TPSA) is 86.6 Å². The van der Waals surface area contributed by atoms with E-state index in [0.717, 1.165) is 6.92 Å². The van der Waals surface area contributed by atoms with Crippen LogP contribution in [0.2, 0.25) is 5.02 Å². The molecule has 1 aromatic rings. The fourth-order valence-corrected chi connectivity index (χ4v) is 1.41. The average molecular weight is 290 g/mol. The zero-order chi connectivity index (χ0) is 14.8. The Balaban J connectivity index is 2.86. The Morgan fingerprint density at radius 2 is 2.05 bits per heavy atom. The molecular weight excluding hydrogens is 277 g/mol. The van der Waals surface area contributed by atoms with E-state index in [2.05, 4.69) is 5.32 Å². The third-order valence-electron chi connectivity index (χ3n) is 2.57. The molecule has 1 aromatic carbocycles. The van der Waals surface area contributed by atoms with Gasteiger partial charge < -0.3 is 15.5 Å². The molecule has 0 heterocycles. The third-order valence-corrected chi connectivity index (χ3v) is 3.04. The smallest absolute Gasteiger partial charge is 0.337 e. The number of carboxylic acid groups (broad SMARTS) is 1. The molecule has 0 aliphatic rings. The van der Waals surface area contributed by atoms with Crippen LogP contribution >= 0.6 is 11.6 Å². The molecule has 0 aliphatic carbocycles. The Morgan fingerprint density at radius 1 is 1.47 bits per heavy atom. The fraction of sp³-hybridized carbons (Fsp3) is 0.333. The third kappa shape index (κ3) is 3.42. The monoisotopic (exact) mass is 289 g/mol. The SMILES string of the molecule is Cc1ccc(C(=O)NCC(C)(O)C(=O)O)c(F)c1Cl. The molecule has 0 radical (unpaired) electrons. The highest BCUT2D eigenvalue weighted by Gasteiger charge is 2.30. The van der Waals surface area contributed by atoms with Gasteiger partial charge in [-0.2, -0.15) is 0 Å². The van der Waals surface area contributed by atoms with Crippen LogP contribution in [0.1, 0.15) is 22.8 Å². The van der Waals surface area contributed by atoms with E-state index in [0.29, 0.717) is 5.56 Å². The molecule has 1 rings (SSSR count). The van der Waals surface area contributed by atoms with Crippen LogP contribution < -0.4 is 5.32 Å². The highest BCUT2D eigenvalue weighted by atomic mass is 35.5. The first-order chi connectivity index (χ1) is 8.66. The van der Waals surface area contributed by atoms with Crippen molar-refractivity contribution in [1.29, 1.82) is 0 Å². The van der Waals surface area contributed by atoms with Crippen molar-refractivity contribution < 1.29 is 24.2 Å². The van der Waals surface area contributed by atoms with Crippen LogP contribution in [0.25, 0.3) is 0 Å². The molecule has 5 nitrogen and oxygen atoms in total. The summed E-state index contributed by atoms with van der Waals surface area (Å²) in [5.41, 5.74) is -1.95. The minimum atomic E-state index is -2.12. The number of benzene rings is 1. The number of carboxylic acids is 1. The molecule has 1 atom stereocenters. The first-order valence-electron chi connectivity index (χ1n) is 5.35. The van der Waals surface area contributed by atoms with Crippen LogP contribution in [0.15, 0.2) is 12.1 Å². The summed E-state index contributed by atoms with van der Waals surface area (Å²) >= 11 is 5.67. The van der Waals surface area contributed by atoms with Crippen molar-refractivity contribution in [2.24, 2.45) is 0 Å². The Kier molecular flexibility index (Phi) is 4.49. The summed E-state index contributed by atoms with van der Waals surface area (Å²) in [4.78, 5) is 22.3. The number of hydrogen-bond donors (Lipinski definition) is 3. The van der Waals surface area contributed by atoms with E-state index < -0.39 is 29.8 Å². The molecule has 0 saturated carbocycles. The van der Waals surface area contributed by atoms with Gasteiger partial charge in [-0.15, -0.1) is 0 Å². The van der Waals surface area contributed by atoms with Gasteiger partial charge in [-0.1, -0.05) is 17.7 Å². The zero-order valence-corrected chi connectivity index (χ0v) is 11.1. The standard InChI is InChI=1S/C12H13ClFNO4/c1-6-3-4-7(9(14)8(6)13)10(16)15-5-12(2,19)11(17)18/h3-4,19H,5H2,1-2H3,(H,15,16)(H,17,18). The minimum absolute atomic E-state index is 0.169. The summed E-state index contributed by atoms with van der Waals surface area (Å²) in [5, 5.41) is 20.1. The molecule has 0 bridgehead atoms. The predicted molar refractivity (Wildman–Crippen MR) is 66.7 cm³/mol. The number of aliphatic hydroxyl groups is 1. The molecule has 0 aliphatic heterocycles. The molecule has 3 N–H and O–H groups in total. The summed E-state index contributed by atoms with van der Waals surface area (Å²) in [6.45, 7) is 2.06. The van der Waals surface area contributed by atoms with Crippen molar-refractivity contribution >= 4 is 23.5 Å². The lowest BCUT2D eigenvalue weighted by atomic mass is 10.1. The van der Waals surface area contributed by atoms with E-state index in [1.54, 1.807) is 6.92 Å². The van der Waals surface area contributed by atoms with Gasteiger partial charge in [0, 0.05) is 0 Å². The Hall–Kier alpha value is -1.66. The normalized spacial score (nSPS) is 13.7. The Morgan fingerprint density at radius 3 is 2.58 bits per heavy atom. The van der Waals surface area contributed by atoms with Gasteiger partial charge in [0.15, 0.2) is 11.4 Å². The number of rotatable bonds is 4. The quantitative estimate of drug-likeness (QED) is 0.781. The van der Waals surface area contributed by atoms with E-state index in [-0.39, 0.29) is 10.6 Å². The van der Waals surface area contributed by atoms with Crippen molar-refractivity contribution in [3.63, 3.8) is 0 Å². The molecule has 0 spiro atoms. The van der Waals surface area contributed by atoms with Gasteiger partial charge in [-0.25, -0.2) is 9.18 Å². The molecule has 0 saturated heterocycles. The van der Waals surface area contributed by atoms with E-state index in [1.807, 2.05) is 0 Å².